The minimum absolute atomic E-state index is 0.0114. The summed E-state index contributed by atoms with van der Waals surface area (Å²) in [5.41, 5.74) is 1.31. The molecule has 5 nitrogen and oxygen atoms in total. The monoisotopic (exact) mass is 361 g/mol. The molecule has 3 aliphatic heterocycles. The van der Waals surface area contributed by atoms with Gasteiger partial charge in [0.15, 0.2) is 0 Å². The molecule has 0 N–H and O–H groups in total. The lowest BCUT2D eigenvalue weighted by molar-refractivity contribution is -0.201. The van der Waals surface area contributed by atoms with E-state index < -0.39 is 0 Å². The Kier molecular flexibility index (Phi) is 5.79. The van der Waals surface area contributed by atoms with E-state index in [2.05, 4.69) is 23.1 Å². The van der Waals surface area contributed by atoms with Crippen molar-refractivity contribution >= 4 is 0 Å². The van der Waals surface area contributed by atoms with Crippen LogP contribution in [-0.2, 0) is 20.8 Å². The molecule has 0 unspecified atom stereocenters. The Morgan fingerprint density at radius 1 is 1.15 bits per heavy atom. The van der Waals surface area contributed by atoms with Gasteiger partial charge in [-0.05, 0) is 42.9 Å². The van der Waals surface area contributed by atoms with Gasteiger partial charge >= 0.3 is 0 Å². The summed E-state index contributed by atoms with van der Waals surface area (Å²) in [5.74, 6) is 1.60. The summed E-state index contributed by atoms with van der Waals surface area (Å²) in [4.78, 5) is 2.45. The molecule has 5 heteroatoms. The molecule has 0 aromatic heterocycles. The average Bonchev–Trinajstić information content (AvgIpc) is 2.66. The lowest BCUT2D eigenvalue weighted by atomic mass is 9.84. The summed E-state index contributed by atoms with van der Waals surface area (Å²) in [7, 11) is 1.72. The van der Waals surface area contributed by atoms with Crippen molar-refractivity contribution in [2.75, 3.05) is 46.6 Å². The molecular weight excluding hydrogens is 330 g/mol. The smallest absolute Gasteiger partial charge is 0.119 e. The first-order valence-corrected chi connectivity index (χ1v) is 9.93. The van der Waals surface area contributed by atoms with E-state index >= 15 is 0 Å². The Morgan fingerprint density at radius 3 is 2.81 bits per heavy atom. The van der Waals surface area contributed by atoms with Crippen LogP contribution in [0.5, 0.6) is 5.75 Å². The molecule has 26 heavy (non-hydrogen) atoms. The lowest BCUT2D eigenvalue weighted by Crippen LogP contribution is -2.65. The van der Waals surface area contributed by atoms with E-state index in [-0.39, 0.29) is 5.60 Å². The molecule has 1 aromatic rings. The van der Waals surface area contributed by atoms with Crippen molar-refractivity contribution in [1.29, 1.82) is 0 Å². The maximum absolute atomic E-state index is 6.27. The van der Waals surface area contributed by atoms with Crippen LogP contribution in [0.3, 0.4) is 0 Å². The quantitative estimate of drug-likeness (QED) is 0.779. The summed E-state index contributed by atoms with van der Waals surface area (Å²) in [6.45, 7) is 6.46. The van der Waals surface area contributed by atoms with E-state index in [0.29, 0.717) is 12.0 Å². The molecule has 3 saturated heterocycles. The van der Waals surface area contributed by atoms with Crippen LogP contribution < -0.4 is 4.74 Å². The lowest BCUT2D eigenvalue weighted by Gasteiger charge is -2.53. The molecule has 1 aromatic carbocycles. The molecule has 0 aliphatic carbocycles. The summed E-state index contributed by atoms with van der Waals surface area (Å²) in [6.07, 6.45) is 4.70. The third-order valence-corrected chi connectivity index (χ3v) is 5.92. The number of nitrogens with zero attached hydrogens (tertiary/aromatic N) is 1. The van der Waals surface area contributed by atoms with Crippen LogP contribution in [0.15, 0.2) is 24.3 Å². The molecule has 0 amide bonds. The molecule has 4 rings (SSSR count). The van der Waals surface area contributed by atoms with Crippen molar-refractivity contribution in [3.05, 3.63) is 29.8 Å². The van der Waals surface area contributed by atoms with Crippen LogP contribution in [0.4, 0.5) is 0 Å². The van der Waals surface area contributed by atoms with Gasteiger partial charge in [-0.15, -0.1) is 0 Å². The second kappa shape index (κ2) is 8.26. The van der Waals surface area contributed by atoms with Crippen LogP contribution in [-0.4, -0.2) is 63.2 Å². The first kappa shape index (κ1) is 18.2. The van der Waals surface area contributed by atoms with Crippen molar-refractivity contribution < 1.29 is 18.9 Å². The Hall–Kier alpha value is -1.14. The molecule has 144 valence electrons. The number of hydrogen-bond acceptors (Lipinski definition) is 5. The van der Waals surface area contributed by atoms with Gasteiger partial charge in [-0.3, -0.25) is 4.90 Å². The maximum Gasteiger partial charge on any atom is 0.119 e. The zero-order chi connectivity index (χ0) is 17.8. The molecule has 0 saturated carbocycles. The summed E-state index contributed by atoms with van der Waals surface area (Å²) in [5, 5.41) is 0. The van der Waals surface area contributed by atoms with Crippen LogP contribution in [0, 0.1) is 5.92 Å². The van der Waals surface area contributed by atoms with Crippen LogP contribution in [0.1, 0.15) is 31.2 Å². The van der Waals surface area contributed by atoms with Gasteiger partial charge in [-0.25, -0.2) is 0 Å². The van der Waals surface area contributed by atoms with Crippen molar-refractivity contribution in [2.45, 2.75) is 43.9 Å². The van der Waals surface area contributed by atoms with E-state index in [1.165, 1.54) is 5.56 Å². The Bertz CT molecular complexity index is 581. The Labute approximate surface area is 156 Å². The van der Waals surface area contributed by atoms with E-state index in [1.807, 2.05) is 6.07 Å². The molecule has 0 radical (unpaired) electrons. The highest BCUT2D eigenvalue weighted by atomic mass is 16.5. The zero-order valence-electron chi connectivity index (χ0n) is 15.8. The van der Waals surface area contributed by atoms with E-state index in [4.69, 9.17) is 18.9 Å². The van der Waals surface area contributed by atoms with Crippen molar-refractivity contribution in [1.82, 2.24) is 4.90 Å². The van der Waals surface area contributed by atoms with E-state index in [1.54, 1.807) is 7.11 Å². The number of ether oxygens (including phenoxy) is 4. The molecule has 3 aliphatic rings. The second-order valence-corrected chi connectivity index (χ2v) is 8.03. The highest BCUT2D eigenvalue weighted by molar-refractivity contribution is 5.28. The predicted molar refractivity (Wildman–Crippen MR) is 99.5 cm³/mol. The van der Waals surface area contributed by atoms with Gasteiger partial charge in [0.1, 0.15) is 5.75 Å². The minimum Gasteiger partial charge on any atom is -0.497 e. The molecule has 3 heterocycles. The third kappa shape index (κ3) is 4.39. The molecule has 1 atom stereocenters. The third-order valence-electron chi connectivity index (χ3n) is 5.92. The number of methoxy groups -OCH3 is 1. The van der Waals surface area contributed by atoms with Gasteiger partial charge in [0, 0.05) is 52.5 Å². The number of likely N-dealkylation sites (tertiary alicyclic amines) is 1. The fraction of sp³-hybridized carbons (Fsp3) is 0.714. The topological polar surface area (TPSA) is 40.2 Å². The highest BCUT2D eigenvalue weighted by Gasteiger charge is 2.47. The van der Waals surface area contributed by atoms with Gasteiger partial charge in [0.2, 0.25) is 0 Å². The van der Waals surface area contributed by atoms with Gasteiger partial charge < -0.3 is 18.9 Å². The van der Waals surface area contributed by atoms with Gasteiger partial charge in [0.25, 0.3) is 0 Å². The second-order valence-electron chi connectivity index (χ2n) is 8.03. The first-order valence-electron chi connectivity index (χ1n) is 9.93. The number of rotatable bonds is 6. The van der Waals surface area contributed by atoms with E-state index in [9.17, 15) is 0 Å². The number of benzene rings is 1. The summed E-state index contributed by atoms with van der Waals surface area (Å²) < 4.78 is 23.2. The van der Waals surface area contributed by atoms with Crippen molar-refractivity contribution in [3.8, 4) is 5.75 Å². The van der Waals surface area contributed by atoms with Crippen LogP contribution in [0.2, 0.25) is 0 Å². The van der Waals surface area contributed by atoms with Gasteiger partial charge in [-0.1, -0.05) is 12.1 Å². The fourth-order valence-corrected chi connectivity index (χ4v) is 4.44. The van der Waals surface area contributed by atoms with Crippen LogP contribution >= 0.6 is 0 Å². The standard InChI is InChI=1S/C21H31NO4/c1-23-19-4-2-3-18(11-19)13-22-15-21(16-22)12-20(7-10-26-21)25-14-17-5-8-24-9-6-17/h2-4,11,17,20H,5-10,12-16H2,1H3/t20-/m0/s1. The SMILES string of the molecule is COc1cccc(CN2CC3(C[C@@H](OCC4CCOCC4)CCO3)C2)c1. The van der Waals surface area contributed by atoms with Gasteiger partial charge in [0.05, 0.1) is 18.8 Å². The number of hydrogen-bond donors (Lipinski definition) is 0. The summed E-state index contributed by atoms with van der Waals surface area (Å²) >= 11 is 0. The van der Waals surface area contributed by atoms with Crippen LogP contribution in [0.25, 0.3) is 0 Å². The normalized spacial score (nSPS) is 26.6. The summed E-state index contributed by atoms with van der Waals surface area (Å²) in [6, 6.07) is 8.33. The fourth-order valence-electron chi connectivity index (χ4n) is 4.44. The maximum atomic E-state index is 6.27. The largest absolute Gasteiger partial charge is 0.497 e. The van der Waals surface area contributed by atoms with Crippen molar-refractivity contribution in [2.24, 2.45) is 5.92 Å². The van der Waals surface area contributed by atoms with Crippen molar-refractivity contribution in [3.63, 3.8) is 0 Å². The molecule has 3 fully saturated rings. The molecular formula is C21H31NO4. The Morgan fingerprint density at radius 2 is 2.00 bits per heavy atom. The van der Waals surface area contributed by atoms with Gasteiger partial charge in [-0.2, -0.15) is 0 Å². The zero-order valence-corrected chi connectivity index (χ0v) is 15.8. The average molecular weight is 361 g/mol. The molecule has 0 bridgehead atoms. The highest BCUT2D eigenvalue weighted by Crippen LogP contribution is 2.36. The first-order chi connectivity index (χ1) is 12.7. The predicted octanol–water partition coefficient (Wildman–Crippen LogP) is 2.87. The minimum atomic E-state index is 0.0114. The molecule has 1 spiro atoms. The Balaban J connectivity index is 1.23. The van der Waals surface area contributed by atoms with E-state index in [0.717, 1.165) is 77.5 Å².